The van der Waals surface area contributed by atoms with Crippen LogP contribution in [0, 0.1) is 11.6 Å². The summed E-state index contributed by atoms with van der Waals surface area (Å²) < 4.78 is 26.2. The summed E-state index contributed by atoms with van der Waals surface area (Å²) >= 11 is 0. The highest BCUT2D eigenvalue weighted by Crippen LogP contribution is 2.40. The molecule has 8 heteroatoms. The summed E-state index contributed by atoms with van der Waals surface area (Å²) in [6, 6.07) is 7.58. The van der Waals surface area contributed by atoms with Crippen molar-refractivity contribution in [2.75, 3.05) is 9.80 Å². The molecule has 6 bridgehead atoms. The number of pyridine rings is 2. The summed E-state index contributed by atoms with van der Waals surface area (Å²) in [4.78, 5) is 12.7. The largest absolute Gasteiger partial charge is 0.364 e. The van der Waals surface area contributed by atoms with E-state index in [0.29, 0.717) is 24.2 Å². The molecular formula is C31H44ClF2N5. The fourth-order valence-electron chi connectivity index (χ4n) is 8.13. The summed E-state index contributed by atoms with van der Waals surface area (Å²) in [7, 11) is 0. The Morgan fingerprint density at radius 2 is 0.923 bits per heavy atom. The molecule has 1 N–H and O–H groups in total. The van der Waals surface area contributed by atoms with Gasteiger partial charge in [0.1, 0.15) is 11.6 Å². The van der Waals surface area contributed by atoms with Crippen LogP contribution in [0.2, 0.25) is 0 Å². The molecule has 0 saturated carbocycles. The van der Waals surface area contributed by atoms with Crippen LogP contribution in [0.3, 0.4) is 0 Å². The van der Waals surface area contributed by atoms with Gasteiger partial charge < -0.3 is 15.1 Å². The van der Waals surface area contributed by atoms with Crippen LogP contribution in [0.4, 0.5) is 20.2 Å². The minimum Gasteiger partial charge on any atom is -0.364 e. The molecule has 0 aromatic carbocycles. The zero-order chi connectivity index (χ0) is 25.9. The van der Waals surface area contributed by atoms with E-state index < -0.39 is 0 Å². The summed E-state index contributed by atoms with van der Waals surface area (Å²) in [5.41, 5.74) is 1.95. The molecule has 6 atom stereocenters. The first-order chi connectivity index (χ1) is 18.6. The smallest absolute Gasteiger partial charge is 0.143 e. The van der Waals surface area contributed by atoms with E-state index in [0.717, 1.165) is 23.5 Å². The van der Waals surface area contributed by atoms with Gasteiger partial charge in [-0.1, -0.05) is 6.42 Å². The molecule has 6 aliphatic rings. The lowest BCUT2D eigenvalue weighted by Crippen LogP contribution is -2.39. The molecule has 214 valence electrons. The Morgan fingerprint density at radius 3 is 1.28 bits per heavy atom. The first-order valence-corrected chi connectivity index (χ1v) is 15.2. The van der Waals surface area contributed by atoms with E-state index in [9.17, 15) is 8.78 Å². The standard InChI is InChI=1S/2C12H15FN2.C7H13N.ClH/c2*13-9-6-12(8-14-7-9)15-10-2-1-3-11(15)5-4-10;1-2-6-4-5-7(3-1)8-6;/h2*6-8,10-11H,1-5H2;6-8H,1-5H2;1H. The third kappa shape index (κ3) is 6.67. The number of rotatable bonds is 2. The first-order valence-electron chi connectivity index (χ1n) is 15.2. The second kappa shape index (κ2) is 13.1. The number of hydrogen-bond acceptors (Lipinski definition) is 5. The Hall–Kier alpha value is -1.99. The molecule has 8 rings (SSSR count). The molecule has 0 radical (unpaired) electrons. The van der Waals surface area contributed by atoms with Gasteiger partial charge in [-0.25, -0.2) is 8.78 Å². The molecule has 0 aliphatic carbocycles. The van der Waals surface area contributed by atoms with Gasteiger partial charge in [-0.05, 0) is 89.9 Å². The molecule has 6 unspecified atom stereocenters. The van der Waals surface area contributed by atoms with E-state index in [2.05, 4.69) is 25.1 Å². The molecule has 0 amide bonds. The number of hydrogen-bond donors (Lipinski definition) is 1. The average Bonchev–Trinajstić information content (AvgIpc) is 3.50. The number of halogens is 3. The van der Waals surface area contributed by atoms with Gasteiger partial charge in [0, 0.05) is 48.4 Å². The van der Waals surface area contributed by atoms with Crippen molar-refractivity contribution < 1.29 is 8.78 Å². The molecule has 5 nitrogen and oxygen atoms in total. The van der Waals surface area contributed by atoms with E-state index in [1.807, 2.05) is 0 Å². The van der Waals surface area contributed by atoms with E-state index in [1.54, 1.807) is 24.5 Å². The SMILES string of the molecule is C1CC2CCC(C1)N2.Cl.Fc1cncc(N2C3CCCC2CC3)c1.Fc1cncc(N2C3CCCC2CC3)c1. The number of piperidine rings is 3. The van der Waals surface area contributed by atoms with Crippen molar-refractivity contribution in [1.29, 1.82) is 0 Å². The monoisotopic (exact) mass is 559 g/mol. The van der Waals surface area contributed by atoms with Crippen LogP contribution in [-0.2, 0) is 0 Å². The molecule has 0 spiro atoms. The van der Waals surface area contributed by atoms with Crippen LogP contribution in [0.15, 0.2) is 36.9 Å². The molecular weight excluding hydrogens is 516 g/mol. The first kappa shape index (κ1) is 28.5. The van der Waals surface area contributed by atoms with Gasteiger partial charge in [-0.15, -0.1) is 12.4 Å². The van der Waals surface area contributed by atoms with Gasteiger partial charge in [0.25, 0.3) is 0 Å². The number of nitrogens with one attached hydrogen (secondary N) is 1. The van der Waals surface area contributed by atoms with Crippen LogP contribution < -0.4 is 15.1 Å². The summed E-state index contributed by atoms with van der Waals surface area (Å²) in [5.74, 6) is -0.449. The van der Waals surface area contributed by atoms with Crippen molar-refractivity contribution in [2.24, 2.45) is 0 Å². The Bertz CT molecular complexity index is 955. The van der Waals surface area contributed by atoms with E-state index in [1.165, 1.54) is 109 Å². The number of aromatic nitrogens is 2. The molecule has 2 aromatic rings. The summed E-state index contributed by atoms with van der Waals surface area (Å²) in [6.07, 6.45) is 26.1. The van der Waals surface area contributed by atoms with Gasteiger partial charge in [0.05, 0.1) is 36.2 Å². The van der Waals surface area contributed by atoms with Crippen molar-refractivity contribution in [1.82, 2.24) is 15.3 Å². The van der Waals surface area contributed by atoms with Crippen molar-refractivity contribution in [2.45, 2.75) is 133 Å². The Kier molecular flexibility index (Phi) is 9.60. The second-order valence-electron chi connectivity index (χ2n) is 12.2. The zero-order valence-corrected chi connectivity index (χ0v) is 23.8. The molecule has 8 heterocycles. The third-order valence-corrected chi connectivity index (χ3v) is 9.81. The highest BCUT2D eigenvalue weighted by molar-refractivity contribution is 5.85. The van der Waals surface area contributed by atoms with Crippen LogP contribution >= 0.6 is 12.4 Å². The maximum atomic E-state index is 13.1. The van der Waals surface area contributed by atoms with Gasteiger partial charge in [0.2, 0.25) is 0 Å². The topological polar surface area (TPSA) is 44.3 Å². The number of anilines is 2. The van der Waals surface area contributed by atoms with Gasteiger partial charge >= 0.3 is 0 Å². The maximum absolute atomic E-state index is 13.1. The Balaban J connectivity index is 0.000000122. The lowest BCUT2D eigenvalue weighted by Gasteiger charge is -2.36. The molecule has 6 fully saturated rings. The van der Waals surface area contributed by atoms with Crippen molar-refractivity contribution in [3.05, 3.63) is 48.6 Å². The fraction of sp³-hybridized carbons (Fsp3) is 0.677. The number of nitrogens with zero attached hydrogens (tertiary/aromatic N) is 4. The van der Waals surface area contributed by atoms with Gasteiger partial charge in [0.15, 0.2) is 0 Å². The average molecular weight is 560 g/mol. The predicted molar refractivity (Wildman–Crippen MR) is 156 cm³/mol. The lowest BCUT2D eigenvalue weighted by atomic mass is 10.0. The molecule has 6 aliphatic heterocycles. The lowest BCUT2D eigenvalue weighted by molar-refractivity contribution is 0.406. The van der Waals surface area contributed by atoms with Crippen LogP contribution in [0.25, 0.3) is 0 Å². The third-order valence-electron chi connectivity index (χ3n) is 9.81. The minimum atomic E-state index is -0.225. The second-order valence-corrected chi connectivity index (χ2v) is 12.2. The Labute approximate surface area is 238 Å². The highest BCUT2D eigenvalue weighted by atomic mass is 35.5. The zero-order valence-electron chi connectivity index (χ0n) is 23.0. The summed E-state index contributed by atoms with van der Waals surface area (Å²) in [6.45, 7) is 0. The van der Waals surface area contributed by atoms with E-state index in [-0.39, 0.29) is 24.0 Å². The van der Waals surface area contributed by atoms with Gasteiger partial charge in [-0.2, -0.15) is 0 Å². The van der Waals surface area contributed by atoms with Crippen LogP contribution in [-0.4, -0.2) is 46.2 Å². The van der Waals surface area contributed by atoms with Crippen molar-refractivity contribution in [3.8, 4) is 0 Å². The molecule has 2 aromatic heterocycles. The number of fused-ring (bicyclic) bond motifs is 6. The molecule has 39 heavy (non-hydrogen) atoms. The van der Waals surface area contributed by atoms with E-state index >= 15 is 0 Å². The van der Waals surface area contributed by atoms with E-state index in [4.69, 9.17) is 0 Å². The predicted octanol–water partition coefficient (Wildman–Crippen LogP) is 7.20. The Morgan fingerprint density at radius 1 is 0.538 bits per heavy atom. The minimum absolute atomic E-state index is 0. The molecule has 6 saturated heterocycles. The maximum Gasteiger partial charge on any atom is 0.143 e. The highest BCUT2D eigenvalue weighted by Gasteiger charge is 2.37. The van der Waals surface area contributed by atoms with Crippen molar-refractivity contribution >= 4 is 23.8 Å². The summed E-state index contributed by atoms with van der Waals surface area (Å²) in [5, 5.41) is 3.59. The quantitative estimate of drug-likeness (QED) is 0.421. The van der Waals surface area contributed by atoms with Crippen LogP contribution in [0.1, 0.15) is 96.3 Å². The van der Waals surface area contributed by atoms with Crippen molar-refractivity contribution in [3.63, 3.8) is 0 Å². The fourth-order valence-corrected chi connectivity index (χ4v) is 8.13. The normalized spacial score (nSPS) is 31.9. The van der Waals surface area contributed by atoms with Gasteiger partial charge in [-0.3, -0.25) is 9.97 Å². The van der Waals surface area contributed by atoms with Crippen LogP contribution in [0.5, 0.6) is 0 Å².